The van der Waals surface area contributed by atoms with E-state index in [-0.39, 0.29) is 35.1 Å². The minimum absolute atomic E-state index is 0.0446. The molecule has 0 fully saturated rings. The smallest absolute Gasteiger partial charge is 0.338 e. The van der Waals surface area contributed by atoms with Gasteiger partial charge in [-0.15, -0.1) is 0 Å². The van der Waals surface area contributed by atoms with E-state index < -0.39 is 23.5 Å². The van der Waals surface area contributed by atoms with Crippen molar-refractivity contribution >= 4 is 56.9 Å². The number of aromatic carboxylic acids is 1. The Kier molecular flexibility index (Phi) is 10.6. The summed E-state index contributed by atoms with van der Waals surface area (Å²) in [6, 6.07) is 12.2. The standard InChI is InChI=1S/C34H30BrClN2O9S/c1-6-46-33(42)28-17(2)37-34-38(29(28)21-14-24(43-3)25(44-4)15-22(21)35)31(39)27(48-34)13-19-11-23(36)30(26(12-19)45-5)47-16-18-8-7-9-20(10-18)32(40)41/h7-15,29H,6,16H2,1-5H3,(H,40,41)/b27-13+/t29-/m0/s1. The fraction of sp³-hybridized carbons (Fsp3) is 0.235. The number of carbonyl (C=O) groups excluding carboxylic acids is 1. The minimum Gasteiger partial charge on any atom is -0.493 e. The Hall–Kier alpha value is -4.59. The topological polar surface area (TPSA) is 135 Å². The summed E-state index contributed by atoms with van der Waals surface area (Å²) in [5, 5.41) is 9.51. The zero-order chi connectivity index (χ0) is 34.7. The second kappa shape index (κ2) is 14.7. The van der Waals surface area contributed by atoms with Crippen molar-refractivity contribution in [2.75, 3.05) is 27.9 Å². The zero-order valence-corrected chi connectivity index (χ0v) is 29.6. The van der Waals surface area contributed by atoms with Gasteiger partial charge in [0.05, 0.1) is 60.4 Å². The first-order chi connectivity index (χ1) is 23.0. The number of halogens is 2. The first kappa shape index (κ1) is 34.7. The Morgan fingerprint density at radius 3 is 2.44 bits per heavy atom. The van der Waals surface area contributed by atoms with Gasteiger partial charge < -0.3 is 28.8 Å². The molecule has 1 aromatic heterocycles. The Morgan fingerprint density at radius 2 is 1.77 bits per heavy atom. The predicted molar refractivity (Wildman–Crippen MR) is 183 cm³/mol. The summed E-state index contributed by atoms with van der Waals surface area (Å²) < 4.78 is 30.3. The molecule has 48 heavy (non-hydrogen) atoms. The molecule has 1 atom stereocenters. The Bertz CT molecular complexity index is 2140. The van der Waals surface area contributed by atoms with Crippen molar-refractivity contribution in [2.45, 2.75) is 26.5 Å². The van der Waals surface area contributed by atoms with Crippen LogP contribution < -0.4 is 33.8 Å². The number of benzene rings is 3. The van der Waals surface area contributed by atoms with E-state index in [9.17, 15) is 19.5 Å². The molecule has 0 saturated carbocycles. The number of hydrogen-bond acceptors (Lipinski definition) is 10. The number of carbonyl (C=O) groups is 2. The number of hydrogen-bond donors (Lipinski definition) is 1. The molecule has 11 nitrogen and oxygen atoms in total. The van der Waals surface area contributed by atoms with Gasteiger partial charge in [-0.25, -0.2) is 14.6 Å². The van der Waals surface area contributed by atoms with E-state index in [0.29, 0.717) is 53.4 Å². The Labute approximate surface area is 292 Å². The van der Waals surface area contributed by atoms with E-state index in [2.05, 4.69) is 20.9 Å². The van der Waals surface area contributed by atoms with Crippen LogP contribution in [0, 0.1) is 0 Å². The van der Waals surface area contributed by atoms with E-state index in [1.807, 2.05) is 0 Å². The summed E-state index contributed by atoms with van der Waals surface area (Å²) in [5.74, 6) is -0.200. The van der Waals surface area contributed by atoms with Gasteiger partial charge in [0.1, 0.15) is 6.61 Å². The maximum absolute atomic E-state index is 14.2. The molecule has 0 bridgehead atoms. The van der Waals surface area contributed by atoms with Crippen molar-refractivity contribution < 1.29 is 38.4 Å². The number of carboxylic acids is 1. The lowest BCUT2D eigenvalue weighted by Gasteiger charge is -2.26. The van der Waals surface area contributed by atoms with Crippen LogP contribution in [-0.2, 0) is 16.1 Å². The van der Waals surface area contributed by atoms with Crippen LogP contribution in [-0.4, -0.2) is 49.5 Å². The lowest BCUT2D eigenvalue weighted by molar-refractivity contribution is -0.139. The molecule has 0 radical (unpaired) electrons. The van der Waals surface area contributed by atoms with Gasteiger partial charge in [-0.2, -0.15) is 0 Å². The van der Waals surface area contributed by atoms with E-state index in [1.54, 1.807) is 56.3 Å². The quantitative estimate of drug-likeness (QED) is 0.197. The number of aromatic nitrogens is 1. The minimum atomic E-state index is -1.04. The number of esters is 1. The van der Waals surface area contributed by atoms with Crippen molar-refractivity contribution in [1.29, 1.82) is 0 Å². The third kappa shape index (κ3) is 6.84. The molecule has 2 heterocycles. The molecule has 1 aliphatic heterocycles. The SMILES string of the molecule is CCOC(=O)C1=C(C)N=c2s/c(=C/c3cc(Cl)c(OCc4cccc(C(=O)O)c4)c(OC)c3)c(=O)n2[C@H]1c1cc(OC)c(OC)cc1Br. The van der Waals surface area contributed by atoms with Crippen LogP contribution in [0.1, 0.15) is 46.9 Å². The van der Waals surface area contributed by atoms with Crippen molar-refractivity contribution in [3.05, 3.63) is 111 Å². The molecule has 3 aromatic carbocycles. The summed E-state index contributed by atoms with van der Waals surface area (Å²) in [5.41, 5.74) is 2.11. The monoisotopic (exact) mass is 756 g/mol. The van der Waals surface area contributed by atoms with Gasteiger partial charge in [0, 0.05) is 4.47 Å². The third-order valence-corrected chi connectivity index (χ3v) is 9.37. The third-order valence-electron chi connectivity index (χ3n) is 7.42. The van der Waals surface area contributed by atoms with Gasteiger partial charge >= 0.3 is 11.9 Å². The highest BCUT2D eigenvalue weighted by atomic mass is 79.9. The number of thiazole rings is 1. The molecule has 0 saturated heterocycles. The largest absolute Gasteiger partial charge is 0.493 e. The fourth-order valence-electron chi connectivity index (χ4n) is 5.23. The van der Waals surface area contributed by atoms with Crippen molar-refractivity contribution in [3.63, 3.8) is 0 Å². The maximum Gasteiger partial charge on any atom is 0.338 e. The number of carboxylic acid groups (broad SMARTS) is 1. The summed E-state index contributed by atoms with van der Waals surface area (Å²) in [4.78, 5) is 43.9. The number of nitrogens with zero attached hydrogens (tertiary/aromatic N) is 2. The lowest BCUT2D eigenvalue weighted by atomic mass is 9.95. The molecule has 5 rings (SSSR count). The first-order valence-corrected chi connectivity index (χ1v) is 16.4. The molecule has 14 heteroatoms. The number of rotatable bonds is 11. The lowest BCUT2D eigenvalue weighted by Crippen LogP contribution is -2.40. The number of fused-ring (bicyclic) bond motifs is 1. The first-order valence-electron chi connectivity index (χ1n) is 14.4. The molecule has 0 spiro atoms. The van der Waals surface area contributed by atoms with Crippen LogP contribution in [0.25, 0.3) is 6.08 Å². The molecule has 1 aliphatic rings. The van der Waals surface area contributed by atoms with Crippen LogP contribution in [0.5, 0.6) is 23.0 Å². The predicted octanol–water partition coefficient (Wildman–Crippen LogP) is 5.52. The van der Waals surface area contributed by atoms with Crippen LogP contribution in [0.3, 0.4) is 0 Å². The van der Waals surface area contributed by atoms with Gasteiger partial charge in [-0.1, -0.05) is 51.0 Å². The van der Waals surface area contributed by atoms with Gasteiger partial charge in [-0.05, 0) is 73.0 Å². The van der Waals surface area contributed by atoms with Gasteiger partial charge in [0.2, 0.25) is 0 Å². The summed E-state index contributed by atoms with van der Waals surface area (Å²) >= 11 is 11.4. The molecule has 0 aliphatic carbocycles. The highest BCUT2D eigenvalue weighted by Crippen LogP contribution is 2.41. The zero-order valence-electron chi connectivity index (χ0n) is 26.5. The second-order valence-corrected chi connectivity index (χ2v) is 12.6. The summed E-state index contributed by atoms with van der Waals surface area (Å²) in [7, 11) is 4.48. The fourth-order valence-corrected chi connectivity index (χ4v) is 7.09. The van der Waals surface area contributed by atoms with Gasteiger partial charge in [-0.3, -0.25) is 9.36 Å². The van der Waals surface area contributed by atoms with E-state index in [1.165, 1.54) is 38.0 Å². The average Bonchev–Trinajstić information content (AvgIpc) is 3.36. The van der Waals surface area contributed by atoms with Crippen molar-refractivity contribution in [1.82, 2.24) is 4.57 Å². The molecule has 1 N–H and O–H groups in total. The molecule has 0 unspecified atom stereocenters. The van der Waals surface area contributed by atoms with Crippen molar-refractivity contribution in [3.8, 4) is 23.0 Å². The van der Waals surface area contributed by atoms with Crippen LogP contribution in [0.2, 0.25) is 5.02 Å². The van der Waals surface area contributed by atoms with Gasteiger partial charge in [0.25, 0.3) is 5.56 Å². The number of allylic oxidation sites excluding steroid dienone is 1. The highest BCUT2D eigenvalue weighted by molar-refractivity contribution is 9.10. The van der Waals surface area contributed by atoms with Gasteiger partial charge in [0.15, 0.2) is 27.8 Å². The summed E-state index contributed by atoms with van der Waals surface area (Å²) in [6.07, 6.45) is 1.66. The highest BCUT2D eigenvalue weighted by Gasteiger charge is 2.35. The van der Waals surface area contributed by atoms with Crippen molar-refractivity contribution in [2.24, 2.45) is 4.99 Å². The molecule has 4 aromatic rings. The Morgan fingerprint density at radius 1 is 1.06 bits per heavy atom. The van der Waals surface area contributed by atoms with Crippen LogP contribution in [0.15, 0.2) is 74.1 Å². The number of methoxy groups -OCH3 is 3. The van der Waals surface area contributed by atoms with Crippen LogP contribution in [0.4, 0.5) is 0 Å². The van der Waals surface area contributed by atoms with E-state index in [4.69, 9.17) is 35.3 Å². The van der Waals surface area contributed by atoms with E-state index >= 15 is 0 Å². The molecular formula is C34H30BrClN2O9S. The average molecular weight is 758 g/mol. The molecule has 250 valence electrons. The number of ether oxygens (including phenoxy) is 5. The summed E-state index contributed by atoms with van der Waals surface area (Å²) in [6.45, 7) is 3.59. The second-order valence-electron chi connectivity index (χ2n) is 10.4. The normalized spacial score (nSPS) is 14.2. The molecule has 0 amide bonds. The maximum atomic E-state index is 14.2. The Balaban J connectivity index is 1.60. The molecular weight excluding hydrogens is 728 g/mol. The van der Waals surface area contributed by atoms with Crippen LogP contribution >= 0.6 is 38.9 Å². The van der Waals surface area contributed by atoms with E-state index in [0.717, 1.165) is 11.3 Å².